The second-order valence-electron chi connectivity index (χ2n) is 3.13. The lowest BCUT2D eigenvalue weighted by molar-refractivity contribution is -0.0611. The van der Waals surface area contributed by atoms with Crippen molar-refractivity contribution in [3.63, 3.8) is 0 Å². The van der Waals surface area contributed by atoms with Gasteiger partial charge < -0.3 is 5.73 Å². The number of hydrogen-bond acceptors (Lipinski definition) is 2. The number of nitrogens with zero attached hydrogens (tertiary/aromatic N) is 1. The molecular weight excluding hydrogens is 150 g/mol. The molecule has 0 amide bonds. The maximum atomic E-state index is 12.6. The van der Waals surface area contributed by atoms with Gasteiger partial charge in [-0.25, -0.2) is 8.78 Å². The molecule has 4 heteroatoms. The predicted octanol–water partition coefficient (Wildman–Crippen LogP) is 1.02. The summed E-state index contributed by atoms with van der Waals surface area (Å²) >= 11 is 0. The Labute approximate surface area is 65.4 Å². The third kappa shape index (κ3) is 2.38. The van der Waals surface area contributed by atoms with Crippen molar-refractivity contribution in [2.45, 2.75) is 31.9 Å². The smallest absolute Gasteiger partial charge is 0.250 e. The van der Waals surface area contributed by atoms with Crippen molar-refractivity contribution in [1.82, 2.24) is 4.90 Å². The van der Waals surface area contributed by atoms with Crippen LogP contribution in [-0.2, 0) is 0 Å². The summed E-state index contributed by atoms with van der Waals surface area (Å²) in [6.07, 6.45) is -0.186. The summed E-state index contributed by atoms with van der Waals surface area (Å²) in [4.78, 5) is 1.87. The Bertz CT molecular complexity index is 126. The van der Waals surface area contributed by atoms with Crippen LogP contribution in [0.2, 0.25) is 0 Å². The molecule has 0 saturated carbocycles. The highest BCUT2D eigenvalue weighted by Gasteiger charge is 2.34. The Morgan fingerprint density at radius 2 is 1.82 bits per heavy atom. The highest BCUT2D eigenvalue weighted by atomic mass is 19.3. The van der Waals surface area contributed by atoms with Crippen LogP contribution in [-0.4, -0.2) is 30.1 Å². The number of hydrogen-bond donors (Lipinski definition) is 1. The van der Waals surface area contributed by atoms with Gasteiger partial charge in [-0.2, -0.15) is 0 Å². The third-order valence-corrected chi connectivity index (χ3v) is 2.11. The van der Waals surface area contributed by atoms with Gasteiger partial charge in [0, 0.05) is 25.9 Å². The molecule has 11 heavy (non-hydrogen) atoms. The minimum atomic E-state index is -2.45. The molecule has 2 N–H and O–H groups in total. The maximum Gasteiger partial charge on any atom is 0.250 e. The molecular formula is C7H14F2N2. The van der Waals surface area contributed by atoms with Gasteiger partial charge in [-0.05, 0) is 6.92 Å². The lowest BCUT2D eigenvalue weighted by atomic mass is 10.1. The minimum Gasteiger partial charge on any atom is -0.316 e. The van der Waals surface area contributed by atoms with Crippen LogP contribution >= 0.6 is 0 Å². The first-order chi connectivity index (χ1) is 5.01. The van der Waals surface area contributed by atoms with E-state index in [1.807, 2.05) is 11.8 Å². The van der Waals surface area contributed by atoms with Crippen LogP contribution in [0.1, 0.15) is 19.8 Å². The monoisotopic (exact) mass is 164 g/mol. The van der Waals surface area contributed by atoms with Crippen molar-refractivity contribution >= 4 is 0 Å². The first-order valence-corrected chi connectivity index (χ1v) is 3.89. The molecule has 0 radical (unpaired) electrons. The van der Waals surface area contributed by atoms with Crippen LogP contribution in [0.4, 0.5) is 8.78 Å². The Hall–Kier alpha value is -0.220. The molecule has 1 fully saturated rings. The fourth-order valence-corrected chi connectivity index (χ4v) is 1.26. The molecule has 2 nitrogen and oxygen atoms in total. The van der Waals surface area contributed by atoms with Crippen molar-refractivity contribution in [2.75, 3.05) is 13.1 Å². The van der Waals surface area contributed by atoms with E-state index in [4.69, 9.17) is 5.73 Å². The summed E-state index contributed by atoms with van der Waals surface area (Å²) in [7, 11) is 0. The number of likely N-dealkylation sites (tertiary alicyclic amines) is 1. The van der Waals surface area contributed by atoms with E-state index in [2.05, 4.69) is 0 Å². The summed E-state index contributed by atoms with van der Waals surface area (Å²) in [6, 6.07) is 0. The first kappa shape index (κ1) is 8.87. The van der Waals surface area contributed by atoms with Crippen LogP contribution in [0.3, 0.4) is 0 Å². The standard InChI is InChI=1S/C7H14F2N2/c1-6(10)11-4-2-7(8,9)3-5-11/h6H,2-5,10H2,1H3. The van der Waals surface area contributed by atoms with E-state index in [1.54, 1.807) is 0 Å². The normalized spacial score (nSPS) is 28.4. The van der Waals surface area contributed by atoms with Crippen molar-refractivity contribution in [2.24, 2.45) is 5.73 Å². The maximum absolute atomic E-state index is 12.6. The zero-order chi connectivity index (χ0) is 8.48. The fraction of sp³-hybridized carbons (Fsp3) is 1.00. The number of alkyl halides is 2. The summed E-state index contributed by atoms with van der Waals surface area (Å²) in [5, 5.41) is 0. The Kier molecular flexibility index (Phi) is 2.44. The van der Waals surface area contributed by atoms with Crippen LogP contribution in [0, 0.1) is 0 Å². The molecule has 0 aromatic rings. The second kappa shape index (κ2) is 3.03. The van der Waals surface area contributed by atoms with Crippen LogP contribution in [0.5, 0.6) is 0 Å². The zero-order valence-electron chi connectivity index (χ0n) is 6.69. The molecule has 1 atom stereocenters. The SMILES string of the molecule is CC(N)N1CCC(F)(F)CC1. The zero-order valence-corrected chi connectivity index (χ0v) is 6.69. The van der Waals surface area contributed by atoms with Gasteiger partial charge in [-0.15, -0.1) is 0 Å². The van der Waals surface area contributed by atoms with Crippen LogP contribution in [0.15, 0.2) is 0 Å². The Morgan fingerprint density at radius 1 is 1.36 bits per heavy atom. The third-order valence-electron chi connectivity index (χ3n) is 2.11. The van der Waals surface area contributed by atoms with Gasteiger partial charge in [-0.1, -0.05) is 0 Å². The number of piperidine rings is 1. The van der Waals surface area contributed by atoms with Gasteiger partial charge >= 0.3 is 0 Å². The van der Waals surface area contributed by atoms with E-state index in [1.165, 1.54) is 0 Å². The van der Waals surface area contributed by atoms with Crippen molar-refractivity contribution in [3.8, 4) is 0 Å². The van der Waals surface area contributed by atoms with Gasteiger partial charge in [0.15, 0.2) is 0 Å². The molecule has 1 aliphatic rings. The highest BCUT2D eigenvalue weighted by molar-refractivity contribution is 4.78. The molecule has 0 spiro atoms. The van der Waals surface area contributed by atoms with E-state index in [0.717, 1.165) is 0 Å². The molecule has 1 unspecified atom stereocenters. The van der Waals surface area contributed by atoms with Gasteiger partial charge in [0.2, 0.25) is 0 Å². The average Bonchev–Trinajstić information content (AvgIpc) is 1.86. The van der Waals surface area contributed by atoms with Gasteiger partial charge in [0.05, 0.1) is 6.17 Å². The van der Waals surface area contributed by atoms with Gasteiger partial charge in [-0.3, -0.25) is 4.90 Å². The van der Waals surface area contributed by atoms with Crippen molar-refractivity contribution in [1.29, 1.82) is 0 Å². The first-order valence-electron chi connectivity index (χ1n) is 3.89. The lowest BCUT2D eigenvalue weighted by Crippen LogP contribution is -2.47. The number of nitrogens with two attached hydrogens (primary N) is 1. The van der Waals surface area contributed by atoms with E-state index in [0.29, 0.717) is 13.1 Å². The number of rotatable bonds is 1. The highest BCUT2D eigenvalue weighted by Crippen LogP contribution is 2.27. The largest absolute Gasteiger partial charge is 0.316 e. The average molecular weight is 164 g/mol. The molecule has 1 aliphatic heterocycles. The van der Waals surface area contributed by atoms with E-state index < -0.39 is 5.92 Å². The predicted molar refractivity (Wildman–Crippen MR) is 39.4 cm³/mol. The summed E-state index contributed by atoms with van der Waals surface area (Å²) in [6.45, 7) is 2.67. The minimum absolute atomic E-state index is 0.0471. The second-order valence-corrected chi connectivity index (χ2v) is 3.13. The summed E-state index contributed by atoms with van der Waals surface area (Å²) in [5.74, 6) is -2.45. The van der Waals surface area contributed by atoms with E-state index in [9.17, 15) is 8.78 Å². The quantitative estimate of drug-likeness (QED) is 0.627. The Balaban J connectivity index is 2.36. The molecule has 0 aliphatic carbocycles. The molecule has 66 valence electrons. The van der Waals surface area contributed by atoms with Crippen molar-refractivity contribution in [3.05, 3.63) is 0 Å². The summed E-state index contributed by atoms with van der Waals surface area (Å²) in [5.41, 5.74) is 5.54. The van der Waals surface area contributed by atoms with E-state index in [-0.39, 0.29) is 19.0 Å². The van der Waals surface area contributed by atoms with Gasteiger partial charge in [0.1, 0.15) is 0 Å². The Morgan fingerprint density at radius 3 is 2.18 bits per heavy atom. The molecule has 0 aromatic heterocycles. The number of halogens is 2. The topological polar surface area (TPSA) is 29.3 Å². The van der Waals surface area contributed by atoms with Crippen molar-refractivity contribution < 1.29 is 8.78 Å². The molecule has 0 aromatic carbocycles. The molecule has 1 heterocycles. The molecule has 1 saturated heterocycles. The molecule has 1 rings (SSSR count). The van der Waals surface area contributed by atoms with Gasteiger partial charge in [0.25, 0.3) is 5.92 Å². The van der Waals surface area contributed by atoms with Crippen LogP contribution in [0.25, 0.3) is 0 Å². The fourth-order valence-electron chi connectivity index (χ4n) is 1.26. The molecule has 0 bridgehead atoms. The van der Waals surface area contributed by atoms with E-state index >= 15 is 0 Å². The summed E-state index contributed by atoms with van der Waals surface area (Å²) < 4.78 is 25.1. The lowest BCUT2D eigenvalue weighted by Gasteiger charge is -2.33. The van der Waals surface area contributed by atoms with Crippen LogP contribution < -0.4 is 5.73 Å².